The predicted molar refractivity (Wildman–Crippen MR) is 95.0 cm³/mol. The molecule has 0 aliphatic heterocycles. The standard InChI is InChI=1S/C12H20BrN3OS3/c1-5-6-7-10-9(13)8-15(14-10)12(18-2)11(17)16(19-3)20-4/h8,12H,5-7H2,1-4H3. The summed E-state index contributed by atoms with van der Waals surface area (Å²) >= 11 is 7.88. The van der Waals surface area contributed by atoms with E-state index in [1.165, 1.54) is 35.7 Å². The average Bonchev–Trinajstić information content (AvgIpc) is 2.79. The molecule has 0 N–H and O–H groups in total. The van der Waals surface area contributed by atoms with Crippen LogP contribution in [0.25, 0.3) is 0 Å². The molecule has 8 heteroatoms. The first-order valence-corrected chi connectivity index (χ1v) is 10.7. The zero-order valence-corrected chi connectivity index (χ0v) is 16.2. The van der Waals surface area contributed by atoms with Crippen molar-refractivity contribution >= 4 is 57.5 Å². The van der Waals surface area contributed by atoms with Crippen LogP contribution < -0.4 is 0 Å². The quantitative estimate of drug-likeness (QED) is 0.613. The van der Waals surface area contributed by atoms with Crippen molar-refractivity contribution < 1.29 is 4.79 Å². The van der Waals surface area contributed by atoms with Crippen LogP contribution in [0.1, 0.15) is 30.8 Å². The highest BCUT2D eigenvalue weighted by Gasteiger charge is 2.26. The van der Waals surface area contributed by atoms with Gasteiger partial charge in [-0.05, 0) is 58.9 Å². The number of halogens is 1. The van der Waals surface area contributed by atoms with E-state index < -0.39 is 0 Å². The Morgan fingerprint density at radius 1 is 1.45 bits per heavy atom. The van der Waals surface area contributed by atoms with Gasteiger partial charge < -0.3 is 0 Å². The minimum Gasteiger partial charge on any atom is -0.269 e. The first-order valence-electron chi connectivity index (χ1n) is 6.27. The number of amides is 1. The van der Waals surface area contributed by atoms with Gasteiger partial charge in [-0.25, -0.2) is 8.39 Å². The zero-order valence-electron chi connectivity index (χ0n) is 12.1. The zero-order chi connectivity index (χ0) is 15.1. The van der Waals surface area contributed by atoms with Crippen LogP contribution in [0.15, 0.2) is 10.7 Å². The smallest absolute Gasteiger partial charge is 0.269 e. The van der Waals surface area contributed by atoms with Gasteiger partial charge in [0, 0.05) is 18.7 Å². The van der Waals surface area contributed by atoms with Crippen LogP contribution in [0.2, 0.25) is 0 Å². The van der Waals surface area contributed by atoms with Gasteiger partial charge in [0.25, 0.3) is 5.91 Å². The second kappa shape index (κ2) is 9.27. The third-order valence-electron chi connectivity index (χ3n) is 2.71. The molecule has 0 bridgehead atoms. The lowest BCUT2D eigenvalue weighted by Gasteiger charge is -2.21. The highest BCUT2D eigenvalue weighted by molar-refractivity contribution is 9.10. The number of aromatic nitrogens is 2. The van der Waals surface area contributed by atoms with Crippen molar-refractivity contribution in [2.75, 3.05) is 18.8 Å². The van der Waals surface area contributed by atoms with Crippen molar-refractivity contribution in [2.24, 2.45) is 0 Å². The normalized spacial score (nSPS) is 12.4. The van der Waals surface area contributed by atoms with E-state index in [0.29, 0.717) is 0 Å². The molecule has 1 amide bonds. The van der Waals surface area contributed by atoms with Crippen LogP contribution in [0.4, 0.5) is 0 Å². The first-order chi connectivity index (χ1) is 9.58. The summed E-state index contributed by atoms with van der Waals surface area (Å²) in [7, 11) is 0. The summed E-state index contributed by atoms with van der Waals surface area (Å²) in [5.74, 6) is 0.0505. The minimum atomic E-state index is -0.318. The molecular weight excluding hydrogens is 378 g/mol. The number of rotatable bonds is 8. The average molecular weight is 398 g/mol. The highest BCUT2D eigenvalue weighted by atomic mass is 79.9. The Morgan fingerprint density at radius 2 is 2.10 bits per heavy atom. The lowest BCUT2D eigenvalue weighted by atomic mass is 10.2. The van der Waals surface area contributed by atoms with E-state index in [1.807, 2.05) is 25.0 Å². The molecule has 1 aromatic rings. The van der Waals surface area contributed by atoms with Crippen molar-refractivity contribution in [3.63, 3.8) is 0 Å². The van der Waals surface area contributed by atoms with Crippen LogP contribution in [0.5, 0.6) is 0 Å². The molecule has 0 saturated carbocycles. The second-order valence-electron chi connectivity index (χ2n) is 4.06. The predicted octanol–water partition coefficient (Wildman–Crippen LogP) is 4.23. The maximum Gasteiger partial charge on any atom is 0.277 e. The molecule has 0 fully saturated rings. The van der Waals surface area contributed by atoms with E-state index in [9.17, 15) is 4.79 Å². The molecule has 0 aromatic carbocycles. The van der Waals surface area contributed by atoms with Crippen molar-refractivity contribution in [1.29, 1.82) is 0 Å². The van der Waals surface area contributed by atoms with Gasteiger partial charge >= 0.3 is 0 Å². The van der Waals surface area contributed by atoms with Gasteiger partial charge in [0.1, 0.15) is 0 Å². The Labute approximate surface area is 142 Å². The van der Waals surface area contributed by atoms with Crippen molar-refractivity contribution in [1.82, 2.24) is 13.5 Å². The van der Waals surface area contributed by atoms with Crippen molar-refractivity contribution in [3.05, 3.63) is 16.4 Å². The SMILES string of the molecule is CCCCc1nn(C(SC)C(=O)N(SC)SC)cc1Br. The number of unbranched alkanes of at least 4 members (excludes halogenated alkanes) is 1. The number of carbonyl (C=O) groups is 1. The van der Waals surface area contributed by atoms with E-state index in [1.54, 1.807) is 8.39 Å². The van der Waals surface area contributed by atoms with Gasteiger partial charge in [-0.15, -0.1) is 11.8 Å². The lowest BCUT2D eigenvalue weighted by molar-refractivity contribution is -0.123. The van der Waals surface area contributed by atoms with Gasteiger partial charge in [0.05, 0.1) is 10.2 Å². The maximum atomic E-state index is 12.5. The van der Waals surface area contributed by atoms with Crippen LogP contribution in [-0.4, -0.2) is 38.2 Å². The topological polar surface area (TPSA) is 38.1 Å². The minimum absolute atomic E-state index is 0.0505. The molecule has 0 aliphatic rings. The maximum absolute atomic E-state index is 12.5. The van der Waals surface area contributed by atoms with Gasteiger partial charge in [-0.3, -0.25) is 4.79 Å². The Bertz CT molecular complexity index is 438. The molecule has 114 valence electrons. The Morgan fingerprint density at radius 3 is 2.60 bits per heavy atom. The Kier molecular flexibility index (Phi) is 8.47. The fourth-order valence-electron chi connectivity index (χ4n) is 1.71. The molecule has 1 rings (SSSR count). The molecule has 20 heavy (non-hydrogen) atoms. The van der Waals surface area contributed by atoms with Gasteiger partial charge in [-0.1, -0.05) is 13.3 Å². The van der Waals surface area contributed by atoms with Crippen LogP contribution >= 0.6 is 51.6 Å². The second-order valence-corrected chi connectivity index (χ2v) is 7.52. The van der Waals surface area contributed by atoms with Crippen molar-refractivity contribution in [3.8, 4) is 0 Å². The van der Waals surface area contributed by atoms with Crippen LogP contribution in [0, 0.1) is 0 Å². The molecule has 1 unspecified atom stereocenters. The summed E-state index contributed by atoms with van der Waals surface area (Å²) in [5, 5.41) is 4.26. The summed E-state index contributed by atoms with van der Waals surface area (Å²) in [6.07, 6.45) is 10.8. The Hall–Kier alpha value is 0.210. The molecule has 1 aromatic heterocycles. The van der Waals surface area contributed by atoms with E-state index in [4.69, 9.17) is 0 Å². The van der Waals surface area contributed by atoms with Gasteiger partial charge in [-0.2, -0.15) is 5.10 Å². The van der Waals surface area contributed by atoms with E-state index >= 15 is 0 Å². The van der Waals surface area contributed by atoms with E-state index in [-0.39, 0.29) is 11.3 Å². The third kappa shape index (κ3) is 4.61. The summed E-state index contributed by atoms with van der Waals surface area (Å²) in [6, 6.07) is 0. The van der Waals surface area contributed by atoms with Crippen molar-refractivity contribution in [2.45, 2.75) is 31.6 Å². The van der Waals surface area contributed by atoms with E-state index in [0.717, 1.165) is 29.4 Å². The summed E-state index contributed by atoms with van der Waals surface area (Å²) in [5.41, 5.74) is 1.03. The fourth-order valence-corrected chi connectivity index (χ4v) is 4.11. The molecule has 0 saturated heterocycles. The molecule has 0 radical (unpaired) electrons. The molecule has 0 aliphatic carbocycles. The number of hydrogen-bond acceptors (Lipinski definition) is 5. The number of carbonyl (C=O) groups excluding carboxylic acids is 1. The monoisotopic (exact) mass is 397 g/mol. The van der Waals surface area contributed by atoms with Gasteiger partial charge in [0.15, 0.2) is 5.37 Å². The highest BCUT2D eigenvalue weighted by Crippen LogP contribution is 2.30. The summed E-state index contributed by atoms with van der Waals surface area (Å²) in [4.78, 5) is 12.5. The third-order valence-corrected chi connectivity index (χ3v) is 6.16. The molecular formula is C12H20BrN3OS3. The molecule has 4 nitrogen and oxygen atoms in total. The largest absolute Gasteiger partial charge is 0.277 e. The number of nitrogens with zero attached hydrogens (tertiary/aromatic N) is 3. The van der Waals surface area contributed by atoms with Crippen LogP contribution in [0.3, 0.4) is 0 Å². The molecule has 0 spiro atoms. The number of hydrogen-bond donors (Lipinski definition) is 0. The first kappa shape index (κ1) is 18.3. The van der Waals surface area contributed by atoms with E-state index in [2.05, 4.69) is 28.0 Å². The number of thioether (sulfide) groups is 1. The number of aryl methyl sites for hydroxylation is 1. The molecule has 1 heterocycles. The van der Waals surface area contributed by atoms with Gasteiger partial charge in [0.2, 0.25) is 0 Å². The lowest BCUT2D eigenvalue weighted by Crippen LogP contribution is -2.26. The molecule has 1 atom stereocenters. The fraction of sp³-hybridized carbons (Fsp3) is 0.667. The summed E-state index contributed by atoms with van der Waals surface area (Å²) in [6.45, 7) is 2.16. The summed E-state index contributed by atoms with van der Waals surface area (Å²) < 4.78 is 4.43. The van der Waals surface area contributed by atoms with Crippen LogP contribution in [-0.2, 0) is 11.2 Å². The Balaban J connectivity index is 2.92.